The molecule has 7 nitrogen and oxygen atoms in total. The van der Waals surface area contributed by atoms with Crippen LogP contribution in [0.4, 0.5) is 0 Å². The van der Waals surface area contributed by atoms with Gasteiger partial charge in [0.2, 0.25) is 5.91 Å². The second-order valence-corrected chi connectivity index (χ2v) is 7.35. The molecule has 1 fully saturated rings. The van der Waals surface area contributed by atoms with Crippen molar-refractivity contribution in [1.29, 1.82) is 0 Å². The second-order valence-electron chi connectivity index (χ2n) is 7.35. The Balaban J connectivity index is 1.34. The first kappa shape index (κ1) is 17.7. The summed E-state index contributed by atoms with van der Waals surface area (Å²) in [5.41, 5.74) is 3.04. The Morgan fingerprint density at radius 1 is 1.41 bits per heavy atom. The summed E-state index contributed by atoms with van der Waals surface area (Å²) in [6, 6.07) is 5.80. The molecule has 3 aromatic rings. The molecule has 2 aromatic heterocycles. The van der Waals surface area contributed by atoms with Gasteiger partial charge in [-0.05, 0) is 50.3 Å². The van der Waals surface area contributed by atoms with E-state index in [0.717, 1.165) is 41.7 Å². The summed E-state index contributed by atoms with van der Waals surface area (Å²) in [7, 11) is 0. The fraction of sp³-hybridized carbons (Fsp3) is 0.450. The van der Waals surface area contributed by atoms with Crippen molar-refractivity contribution in [3.63, 3.8) is 0 Å². The molecule has 142 valence electrons. The Kier molecular flexibility index (Phi) is 4.94. The third kappa shape index (κ3) is 3.88. The lowest BCUT2D eigenvalue weighted by Gasteiger charge is -2.35. The number of aliphatic hydroxyl groups excluding tert-OH is 1. The maximum atomic E-state index is 12.4. The van der Waals surface area contributed by atoms with Gasteiger partial charge in [-0.2, -0.15) is 0 Å². The van der Waals surface area contributed by atoms with E-state index in [2.05, 4.69) is 20.3 Å². The average Bonchev–Trinajstić information content (AvgIpc) is 3.30. The number of aryl methyl sites for hydroxylation is 2. The number of aromatic nitrogens is 4. The first-order valence-corrected chi connectivity index (χ1v) is 9.50. The Labute approximate surface area is 157 Å². The normalized spacial score (nSPS) is 22.8. The molecule has 3 N–H and O–H groups in total. The van der Waals surface area contributed by atoms with Crippen LogP contribution in [0.15, 0.2) is 36.9 Å². The molecule has 4 rings (SSSR count). The van der Waals surface area contributed by atoms with E-state index >= 15 is 0 Å². The lowest BCUT2D eigenvalue weighted by atomic mass is 9.87. The van der Waals surface area contributed by atoms with Crippen LogP contribution < -0.4 is 5.32 Å². The molecule has 27 heavy (non-hydrogen) atoms. The van der Waals surface area contributed by atoms with Crippen LogP contribution >= 0.6 is 0 Å². The fourth-order valence-corrected chi connectivity index (χ4v) is 3.98. The van der Waals surface area contributed by atoms with Gasteiger partial charge in [0.25, 0.3) is 0 Å². The summed E-state index contributed by atoms with van der Waals surface area (Å²) in [5, 5.41) is 13.7. The van der Waals surface area contributed by atoms with Crippen molar-refractivity contribution in [2.75, 3.05) is 0 Å². The zero-order chi connectivity index (χ0) is 18.8. The highest BCUT2D eigenvalue weighted by atomic mass is 16.3. The quantitative estimate of drug-likeness (QED) is 0.645. The molecule has 1 saturated carbocycles. The van der Waals surface area contributed by atoms with Crippen molar-refractivity contribution in [3.8, 4) is 0 Å². The summed E-state index contributed by atoms with van der Waals surface area (Å²) in [5.74, 6) is 0.866. The molecule has 1 amide bonds. The average molecular weight is 367 g/mol. The van der Waals surface area contributed by atoms with Crippen LogP contribution in [0.1, 0.15) is 43.1 Å². The molecule has 0 aliphatic heterocycles. The molecule has 7 heteroatoms. The van der Waals surface area contributed by atoms with Crippen molar-refractivity contribution in [3.05, 3.63) is 48.3 Å². The zero-order valence-corrected chi connectivity index (χ0v) is 15.4. The number of nitrogens with zero attached hydrogens (tertiary/aromatic N) is 3. The minimum atomic E-state index is -0.596. The Morgan fingerprint density at radius 2 is 2.30 bits per heavy atom. The van der Waals surface area contributed by atoms with Gasteiger partial charge in [0.1, 0.15) is 5.82 Å². The van der Waals surface area contributed by atoms with E-state index in [9.17, 15) is 9.90 Å². The number of carbonyl (C=O) groups is 1. The lowest BCUT2D eigenvalue weighted by Crippen LogP contribution is -2.49. The van der Waals surface area contributed by atoms with Crippen molar-refractivity contribution in [2.45, 2.75) is 57.2 Å². The van der Waals surface area contributed by atoms with Crippen molar-refractivity contribution in [2.24, 2.45) is 0 Å². The number of nitrogens with one attached hydrogen (secondary N) is 2. The van der Waals surface area contributed by atoms with E-state index in [1.807, 2.05) is 35.9 Å². The molecule has 1 aromatic carbocycles. The van der Waals surface area contributed by atoms with Gasteiger partial charge in [-0.25, -0.2) is 9.97 Å². The fourth-order valence-electron chi connectivity index (χ4n) is 3.98. The van der Waals surface area contributed by atoms with Gasteiger partial charge in [0.05, 0.1) is 35.5 Å². The maximum absolute atomic E-state index is 12.4. The molecule has 0 saturated heterocycles. The number of carbonyl (C=O) groups excluding carboxylic acids is 1. The van der Waals surface area contributed by atoms with Crippen LogP contribution in [-0.4, -0.2) is 42.7 Å². The molecule has 0 spiro atoms. The minimum Gasteiger partial charge on any atom is -0.389 e. The smallest absolute Gasteiger partial charge is 0.220 e. The third-order valence-corrected chi connectivity index (χ3v) is 5.38. The van der Waals surface area contributed by atoms with E-state index in [4.69, 9.17) is 0 Å². The van der Waals surface area contributed by atoms with Gasteiger partial charge in [0.15, 0.2) is 0 Å². The Bertz CT molecular complexity index is 918. The van der Waals surface area contributed by atoms with Gasteiger partial charge in [0, 0.05) is 18.8 Å². The van der Waals surface area contributed by atoms with E-state index in [1.54, 1.807) is 12.5 Å². The highest BCUT2D eigenvalue weighted by Gasteiger charge is 2.33. The van der Waals surface area contributed by atoms with E-state index in [-0.39, 0.29) is 18.0 Å². The number of aliphatic hydroxyl groups is 1. The van der Waals surface area contributed by atoms with Crippen LogP contribution in [0, 0.1) is 6.92 Å². The number of fused-ring (bicyclic) bond motifs is 1. The van der Waals surface area contributed by atoms with Crippen LogP contribution in [-0.2, 0) is 11.2 Å². The predicted octanol–water partition coefficient (Wildman–Crippen LogP) is 2.27. The molecule has 1 aliphatic rings. The topological polar surface area (TPSA) is 95.8 Å². The predicted molar refractivity (Wildman–Crippen MR) is 102 cm³/mol. The number of benzene rings is 1. The largest absolute Gasteiger partial charge is 0.389 e. The summed E-state index contributed by atoms with van der Waals surface area (Å²) >= 11 is 0. The van der Waals surface area contributed by atoms with E-state index < -0.39 is 6.10 Å². The monoisotopic (exact) mass is 367 g/mol. The molecule has 0 unspecified atom stereocenters. The summed E-state index contributed by atoms with van der Waals surface area (Å²) in [6.07, 6.45) is 8.45. The van der Waals surface area contributed by atoms with Gasteiger partial charge in [-0.15, -0.1) is 0 Å². The number of hydrogen-bond donors (Lipinski definition) is 3. The van der Waals surface area contributed by atoms with Crippen molar-refractivity contribution < 1.29 is 9.90 Å². The molecule has 2 heterocycles. The van der Waals surface area contributed by atoms with E-state index in [0.29, 0.717) is 12.8 Å². The van der Waals surface area contributed by atoms with Crippen molar-refractivity contribution in [1.82, 2.24) is 24.8 Å². The Hall–Kier alpha value is -2.67. The summed E-state index contributed by atoms with van der Waals surface area (Å²) in [6.45, 7) is 1.93. The number of hydrogen-bond acceptors (Lipinski definition) is 4. The molecule has 3 atom stereocenters. The molecule has 0 radical (unpaired) electrons. The van der Waals surface area contributed by atoms with E-state index in [1.165, 1.54) is 0 Å². The molecule has 0 bridgehead atoms. The lowest BCUT2D eigenvalue weighted by molar-refractivity contribution is -0.123. The molecular formula is C20H25N5O2. The summed E-state index contributed by atoms with van der Waals surface area (Å²) < 4.78 is 1.94. The number of imidazole rings is 2. The van der Waals surface area contributed by atoms with Gasteiger partial charge >= 0.3 is 0 Å². The van der Waals surface area contributed by atoms with Gasteiger partial charge < -0.3 is 20.0 Å². The Morgan fingerprint density at radius 3 is 3.11 bits per heavy atom. The minimum absolute atomic E-state index is 0.0220. The zero-order valence-electron chi connectivity index (χ0n) is 15.4. The van der Waals surface area contributed by atoms with Crippen LogP contribution in [0.3, 0.4) is 0 Å². The SMILES string of the molecule is Cc1nc2ccc(CCC(=O)N[C@@H]3CCC[C@@H](n4ccnc4)[C@@H]3O)cc2[nH]1. The number of amides is 1. The maximum Gasteiger partial charge on any atom is 0.220 e. The van der Waals surface area contributed by atoms with Crippen LogP contribution in [0.2, 0.25) is 0 Å². The first-order valence-electron chi connectivity index (χ1n) is 9.50. The first-order chi connectivity index (χ1) is 13.1. The highest BCUT2D eigenvalue weighted by Crippen LogP contribution is 2.29. The van der Waals surface area contributed by atoms with Gasteiger partial charge in [-0.3, -0.25) is 4.79 Å². The second kappa shape index (κ2) is 7.52. The summed E-state index contributed by atoms with van der Waals surface area (Å²) in [4.78, 5) is 24.1. The highest BCUT2D eigenvalue weighted by molar-refractivity contribution is 5.78. The van der Waals surface area contributed by atoms with Gasteiger partial charge in [-0.1, -0.05) is 6.07 Å². The molecule has 1 aliphatic carbocycles. The number of rotatable bonds is 5. The molecular weight excluding hydrogens is 342 g/mol. The van der Waals surface area contributed by atoms with Crippen molar-refractivity contribution >= 4 is 16.9 Å². The standard InChI is InChI=1S/C20H25N5O2/c1-13-22-15-7-5-14(11-17(15)23-13)6-8-19(26)24-16-3-2-4-18(20(16)27)25-10-9-21-12-25/h5,7,9-12,16,18,20,27H,2-4,6,8H2,1H3,(H,22,23)(H,24,26)/t16-,18-,20-/m1/s1. The van der Waals surface area contributed by atoms with Crippen LogP contribution in [0.5, 0.6) is 0 Å². The third-order valence-electron chi connectivity index (χ3n) is 5.38. The number of aromatic amines is 1. The van der Waals surface area contributed by atoms with Crippen LogP contribution in [0.25, 0.3) is 11.0 Å². The number of H-pyrrole nitrogens is 1.